The van der Waals surface area contributed by atoms with Crippen molar-refractivity contribution in [1.82, 2.24) is 14.7 Å². The van der Waals surface area contributed by atoms with Crippen LogP contribution in [0.2, 0.25) is 0 Å². The van der Waals surface area contributed by atoms with Crippen LogP contribution in [0.5, 0.6) is 0 Å². The third-order valence-corrected chi connectivity index (χ3v) is 8.25. The molecule has 2 amide bonds. The molecule has 2 aliphatic rings. The smallest absolute Gasteiger partial charge is 0.256 e. The summed E-state index contributed by atoms with van der Waals surface area (Å²) in [6.45, 7) is 7.89. The van der Waals surface area contributed by atoms with Crippen LogP contribution in [0.25, 0.3) is 0 Å². The van der Waals surface area contributed by atoms with Gasteiger partial charge in [0.1, 0.15) is 6.17 Å². The van der Waals surface area contributed by atoms with Gasteiger partial charge in [0, 0.05) is 55.1 Å². The predicted molar refractivity (Wildman–Crippen MR) is 167 cm³/mol. The van der Waals surface area contributed by atoms with E-state index < -0.39 is 0 Å². The Kier molecular flexibility index (Phi) is 8.06. The van der Waals surface area contributed by atoms with E-state index in [1.807, 2.05) is 58.3 Å². The Hall–Kier alpha value is -4.42. The number of benzene rings is 4. The minimum atomic E-state index is -0.229. The van der Waals surface area contributed by atoms with E-state index in [4.69, 9.17) is 0 Å². The molecule has 0 spiro atoms. The van der Waals surface area contributed by atoms with Crippen LogP contribution in [0.3, 0.4) is 0 Å². The maximum Gasteiger partial charge on any atom is 0.256 e. The van der Waals surface area contributed by atoms with Crippen molar-refractivity contribution >= 4 is 17.5 Å². The zero-order valence-electron chi connectivity index (χ0n) is 24.3. The second kappa shape index (κ2) is 12.2. The summed E-state index contributed by atoms with van der Waals surface area (Å²) in [4.78, 5) is 32.9. The van der Waals surface area contributed by atoms with Gasteiger partial charge in [0.05, 0.1) is 6.04 Å². The van der Waals surface area contributed by atoms with E-state index in [9.17, 15) is 9.59 Å². The number of carbonyl (C=O) groups excluding carboxylic acids is 2. The predicted octanol–water partition coefficient (Wildman–Crippen LogP) is 6.46. The highest BCUT2D eigenvalue weighted by Gasteiger charge is 2.36. The van der Waals surface area contributed by atoms with E-state index >= 15 is 0 Å². The van der Waals surface area contributed by atoms with E-state index in [0.29, 0.717) is 31.1 Å². The first-order valence-electron chi connectivity index (χ1n) is 14.9. The molecule has 0 aliphatic carbocycles. The molecule has 1 fully saturated rings. The Bertz CT molecular complexity index is 1470. The number of carbonyl (C=O) groups is 2. The first-order chi connectivity index (χ1) is 20.5. The van der Waals surface area contributed by atoms with E-state index in [2.05, 4.69) is 84.7 Å². The summed E-state index contributed by atoms with van der Waals surface area (Å²) in [6, 6.07) is 36.9. The van der Waals surface area contributed by atoms with E-state index in [-0.39, 0.29) is 24.0 Å². The van der Waals surface area contributed by atoms with Crippen LogP contribution in [0.1, 0.15) is 63.5 Å². The number of hydrogen-bond acceptors (Lipinski definition) is 4. The molecule has 1 N–H and O–H groups in total. The number of nitrogens with zero attached hydrogens (tertiary/aromatic N) is 3. The molecule has 1 atom stereocenters. The monoisotopic (exact) mass is 558 g/mol. The number of piperazine rings is 1. The molecule has 0 bridgehead atoms. The molecule has 214 valence electrons. The Morgan fingerprint density at radius 1 is 0.762 bits per heavy atom. The largest absolute Gasteiger partial charge is 0.361 e. The molecular weight excluding hydrogens is 520 g/mol. The molecule has 0 aromatic heterocycles. The lowest BCUT2D eigenvalue weighted by Crippen LogP contribution is -2.49. The Morgan fingerprint density at radius 2 is 1.33 bits per heavy atom. The lowest BCUT2D eigenvalue weighted by molar-refractivity contribution is 0.0597. The topological polar surface area (TPSA) is 55.9 Å². The van der Waals surface area contributed by atoms with Gasteiger partial charge >= 0.3 is 0 Å². The minimum Gasteiger partial charge on any atom is -0.361 e. The first-order valence-corrected chi connectivity index (χ1v) is 14.9. The summed E-state index contributed by atoms with van der Waals surface area (Å²) in [7, 11) is 0. The molecule has 6 heteroatoms. The normalized spacial score (nSPS) is 17.1. The highest BCUT2D eigenvalue weighted by molar-refractivity contribution is 5.99. The van der Waals surface area contributed by atoms with Crippen molar-refractivity contribution in [3.05, 3.63) is 137 Å². The quantitative estimate of drug-likeness (QED) is 0.270. The van der Waals surface area contributed by atoms with E-state index in [0.717, 1.165) is 29.9 Å². The summed E-state index contributed by atoms with van der Waals surface area (Å²) in [6.07, 6.45) is -0.229. The molecule has 0 saturated carbocycles. The van der Waals surface area contributed by atoms with Gasteiger partial charge in [-0.1, -0.05) is 92.7 Å². The Balaban J connectivity index is 1.12. The number of nitrogens with one attached hydrogen (secondary N) is 1. The van der Waals surface area contributed by atoms with Crippen molar-refractivity contribution in [3.63, 3.8) is 0 Å². The van der Waals surface area contributed by atoms with Crippen LogP contribution in [0, 0.1) is 5.92 Å². The van der Waals surface area contributed by atoms with Crippen LogP contribution < -0.4 is 5.32 Å². The lowest BCUT2D eigenvalue weighted by atomic mass is 9.96. The molecular formula is C36H38N4O2. The zero-order valence-corrected chi connectivity index (χ0v) is 24.3. The number of hydrogen-bond donors (Lipinski definition) is 1. The van der Waals surface area contributed by atoms with Gasteiger partial charge in [-0.05, 0) is 47.4 Å². The average molecular weight is 559 g/mol. The zero-order chi connectivity index (χ0) is 29.1. The maximum absolute atomic E-state index is 13.5. The maximum atomic E-state index is 13.5. The van der Waals surface area contributed by atoms with E-state index in [1.165, 1.54) is 11.1 Å². The number of anilines is 1. The van der Waals surface area contributed by atoms with Gasteiger partial charge < -0.3 is 15.1 Å². The summed E-state index contributed by atoms with van der Waals surface area (Å²) in [5.74, 6) is 0.466. The molecule has 1 unspecified atom stereocenters. The molecule has 4 aromatic rings. The van der Waals surface area contributed by atoms with Gasteiger partial charge in [-0.2, -0.15) is 0 Å². The summed E-state index contributed by atoms with van der Waals surface area (Å²) in [5, 5.41) is 3.55. The van der Waals surface area contributed by atoms with E-state index in [1.54, 1.807) is 0 Å². The molecule has 2 heterocycles. The van der Waals surface area contributed by atoms with Crippen LogP contribution in [-0.4, -0.2) is 59.2 Å². The molecule has 0 radical (unpaired) electrons. The third-order valence-electron chi connectivity index (χ3n) is 8.25. The fourth-order valence-electron chi connectivity index (χ4n) is 6.22. The molecule has 1 saturated heterocycles. The SMILES string of the molecule is CC(C)CN1C(=O)c2ccccc2C1Nc1ccc(C(=O)N2CCN(C(c3ccccc3)c3ccccc3)CC2)cc1. The summed E-state index contributed by atoms with van der Waals surface area (Å²) >= 11 is 0. The van der Waals surface area contributed by atoms with Crippen LogP contribution in [-0.2, 0) is 0 Å². The van der Waals surface area contributed by atoms with Crippen molar-refractivity contribution in [2.24, 2.45) is 5.92 Å². The molecule has 4 aromatic carbocycles. The standard InChI is InChI=1S/C36H38N4O2/c1-26(2)25-40-34(31-15-9-10-16-32(31)36(40)42)37-30-19-17-29(18-20-30)35(41)39-23-21-38(22-24-39)33(27-11-5-3-6-12-27)28-13-7-4-8-14-28/h3-20,26,33-34,37H,21-25H2,1-2H3. The van der Waals surface area contributed by atoms with Crippen LogP contribution in [0.4, 0.5) is 5.69 Å². The summed E-state index contributed by atoms with van der Waals surface area (Å²) < 4.78 is 0. The van der Waals surface area contributed by atoms with Gasteiger partial charge in [0.2, 0.25) is 0 Å². The minimum absolute atomic E-state index is 0.0556. The number of rotatable bonds is 8. The second-order valence-corrected chi connectivity index (χ2v) is 11.6. The first kappa shape index (κ1) is 27.7. The van der Waals surface area contributed by atoms with Crippen molar-refractivity contribution in [1.29, 1.82) is 0 Å². The second-order valence-electron chi connectivity index (χ2n) is 11.6. The van der Waals surface area contributed by atoms with Crippen LogP contribution >= 0.6 is 0 Å². The van der Waals surface area contributed by atoms with Gasteiger partial charge in [-0.15, -0.1) is 0 Å². The highest BCUT2D eigenvalue weighted by atomic mass is 16.2. The Labute approximate surface area is 248 Å². The van der Waals surface area contributed by atoms with Crippen molar-refractivity contribution in [2.45, 2.75) is 26.1 Å². The number of amides is 2. The lowest BCUT2D eigenvalue weighted by Gasteiger charge is -2.39. The average Bonchev–Trinajstić information content (AvgIpc) is 3.28. The van der Waals surface area contributed by atoms with Crippen molar-refractivity contribution < 1.29 is 9.59 Å². The van der Waals surface area contributed by atoms with Crippen molar-refractivity contribution in [3.8, 4) is 0 Å². The molecule has 6 nitrogen and oxygen atoms in total. The third kappa shape index (κ3) is 5.68. The van der Waals surface area contributed by atoms with Gasteiger partial charge in [0.25, 0.3) is 11.8 Å². The Morgan fingerprint density at radius 3 is 1.93 bits per heavy atom. The van der Waals surface area contributed by atoms with Crippen LogP contribution in [0.15, 0.2) is 109 Å². The highest BCUT2D eigenvalue weighted by Crippen LogP contribution is 2.35. The fraction of sp³-hybridized carbons (Fsp3) is 0.278. The van der Waals surface area contributed by atoms with Gasteiger partial charge in [-0.3, -0.25) is 14.5 Å². The van der Waals surface area contributed by atoms with Crippen molar-refractivity contribution in [2.75, 3.05) is 38.0 Å². The van der Waals surface area contributed by atoms with Gasteiger partial charge in [-0.25, -0.2) is 0 Å². The van der Waals surface area contributed by atoms with Gasteiger partial charge in [0.15, 0.2) is 0 Å². The number of fused-ring (bicyclic) bond motifs is 1. The fourth-order valence-corrected chi connectivity index (χ4v) is 6.22. The summed E-state index contributed by atoms with van der Waals surface area (Å²) in [5.41, 5.74) is 5.84. The molecule has 6 rings (SSSR count). The molecule has 2 aliphatic heterocycles. The molecule has 42 heavy (non-hydrogen) atoms.